The van der Waals surface area contributed by atoms with Crippen LogP contribution >= 0.6 is 0 Å². The lowest BCUT2D eigenvalue weighted by Crippen LogP contribution is -2.30. The molecule has 21 heavy (non-hydrogen) atoms. The van der Waals surface area contributed by atoms with Gasteiger partial charge in [-0.1, -0.05) is 38.1 Å². The zero-order valence-electron chi connectivity index (χ0n) is 13.8. The average Bonchev–Trinajstić information content (AvgIpc) is 2.53. The second-order valence-corrected chi connectivity index (χ2v) is 5.20. The molecule has 3 nitrogen and oxygen atoms in total. The van der Waals surface area contributed by atoms with E-state index in [-0.39, 0.29) is 0 Å². The zero-order valence-corrected chi connectivity index (χ0v) is 13.8. The van der Waals surface area contributed by atoms with E-state index in [1.807, 2.05) is 6.08 Å². The summed E-state index contributed by atoms with van der Waals surface area (Å²) in [4.78, 5) is 2.34. The van der Waals surface area contributed by atoms with E-state index in [4.69, 9.17) is 4.74 Å². The Kier molecular flexibility index (Phi) is 8.79. The second kappa shape index (κ2) is 10.4. The summed E-state index contributed by atoms with van der Waals surface area (Å²) in [5.74, 6) is 0. The maximum atomic E-state index is 5.24. The topological polar surface area (TPSA) is 24.5 Å². The summed E-state index contributed by atoms with van der Waals surface area (Å²) in [6.45, 7) is 11.8. The standard InChI is InChI=1S/C18H30N2O/c1-5-12-19-17(7-3)16-10-8-9-11-18(16)20(13-6-2)14-15-21-4/h6,8-11,17,19H,2,5,7,12-15H2,1,3-4H3. The molecule has 0 radical (unpaired) electrons. The highest BCUT2D eigenvalue weighted by atomic mass is 16.5. The molecule has 0 spiro atoms. The van der Waals surface area contributed by atoms with Crippen LogP contribution in [0.4, 0.5) is 5.69 Å². The molecule has 0 heterocycles. The number of nitrogens with one attached hydrogen (secondary N) is 1. The van der Waals surface area contributed by atoms with Crippen LogP contribution < -0.4 is 10.2 Å². The lowest BCUT2D eigenvalue weighted by molar-refractivity contribution is 0.205. The highest BCUT2D eigenvalue weighted by Crippen LogP contribution is 2.28. The third kappa shape index (κ3) is 5.52. The lowest BCUT2D eigenvalue weighted by atomic mass is 10.0. The molecule has 0 aliphatic heterocycles. The first-order valence-corrected chi connectivity index (χ1v) is 7.95. The number of hydrogen-bond donors (Lipinski definition) is 1. The summed E-state index contributed by atoms with van der Waals surface area (Å²) in [7, 11) is 1.75. The lowest BCUT2D eigenvalue weighted by Gasteiger charge is -2.29. The van der Waals surface area contributed by atoms with Crippen molar-refractivity contribution in [1.82, 2.24) is 5.32 Å². The fraction of sp³-hybridized carbons (Fsp3) is 0.556. The minimum Gasteiger partial charge on any atom is -0.383 e. The van der Waals surface area contributed by atoms with Gasteiger partial charge in [0.25, 0.3) is 0 Å². The van der Waals surface area contributed by atoms with Crippen molar-refractivity contribution in [2.45, 2.75) is 32.7 Å². The summed E-state index contributed by atoms with van der Waals surface area (Å²) in [6.07, 6.45) is 4.19. The first-order chi connectivity index (χ1) is 10.3. The predicted molar refractivity (Wildman–Crippen MR) is 92.1 cm³/mol. The van der Waals surface area contributed by atoms with Crippen molar-refractivity contribution >= 4 is 5.69 Å². The van der Waals surface area contributed by atoms with Gasteiger partial charge in [-0.2, -0.15) is 0 Å². The van der Waals surface area contributed by atoms with Gasteiger partial charge < -0.3 is 15.0 Å². The van der Waals surface area contributed by atoms with E-state index in [0.717, 1.165) is 39.1 Å². The van der Waals surface area contributed by atoms with E-state index < -0.39 is 0 Å². The number of nitrogens with zero attached hydrogens (tertiary/aromatic N) is 1. The Bertz CT molecular complexity index is 406. The first-order valence-electron chi connectivity index (χ1n) is 7.95. The Morgan fingerprint density at radius 1 is 1.33 bits per heavy atom. The number of benzene rings is 1. The van der Waals surface area contributed by atoms with Gasteiger partial charge >= 0.3 is 0 Å². The minimum atomic E-state index is 0.399. The van der Waals surface area contributed by atoms with Crippen LogP contribution in [0.5, 0.6) is 0 Å². The first kappa shape index (κ1) is 17.7. The molecule has 1 aromatic carbocycles. The fourth-order valence-electron chi connectivity index (χ4n) is 2.53. The SMILES string of the molecule is C=CCN(CCOC)c1ccccc1C(CC)NCCC. The van der Waals surface area contributed by atoms with Gasteiger partial charge in [0.1, 0.15) is 0 Å². The molecule has 1 unspecified atom stereocenters. The maximum absolute atomic E-state index is 5.24. The molecule has 0 aromatic heterocycles. The molecule has 0 amide bonds. The highest BCUT2D eigenvalue weighted by Gasteiger charge is 2.16. The largest absolute Gasteiger partial charge is 0.383 e. The van der Waals surface area contributed by atoms with Crippen LogP contribution in [0, 0.1) is 0 Å². The Morgan fingerprint density at radius 2 is 2.10 bits per heavy atom. The third-order valence-corrected chi connectivity index (χ3v) is 3.62. The molecule has 0 fully saturated rings. The van der Waals surface area contributed by atoms with E-state index >= 15 is 0 Å². The molecule has 0 saturated heterocycles. The average molecular weight is 290 g/mol. The summed E-state index contributed by atoms with van der Waals surface area (Å²) >= 11 is 0. The summed E-state index contributed by atoms with van der Waals surface area (Å²) in [5.41, 5.74) is 2.65. The second-order valence-electron chi connectivity index (χ2n) is 5.20. The number of methoxy groups -OCH3 is 1. The molecule has 0 aliphatic rings. The van der Waals surface area contributed by atoms with E-state index in [1.165, 1.54) is 11.3 Å². The number of ether oxygens (including phenoxy) is 1. The maximum Gasteiger partial charge on any atom is 0.0637 e. The van der Waals surface area contributed by atoms with Crippen molar-refractivity contribution in [1.29, 1.82) is 0 Å². The fourth-order valence-corrected chi connectivity index (χ4v) is 2.53. The predicted octanol–water partition coefficient (Wildman–Crippen LogP) is 3.78. The molecule has 118 valence electrons. The van der Waals surface area contributed by atoms with Crippen molar-refractivity contribution in [3.63, 3.8) is 0 Å². The van der Waals surface area contributed by atoms with E-state index in [9.17, 15) is 0 Å². The summed E-state index contributed by atoms with van der Waals surface area (Å²) < 4.78 is 5.24. The van der Waals surface area contributed by atoms with E-state index in [1.54, 1.807) is 7.11 Å². The van der Waals surface area contributed by atoms with Gasteiger partial charge in [-0.25, -0.2) is 0 Å². The molecule has 1 rings (SSSR count). The number of hydrogen-bond acceptors (Lipinski definition) is 3. The van der Waals surface area contributed by atoms with Crippen LogP contribution in [0.25, 0.3) is 0 Å². The van der Waals surface area contributed by atoms with Gasteiger partial charge in [0.2, 0.25) is 0 Å². The molecular weight excluding hydrogens is 260 g/mol. The Labute approximate surface area is 130 Å². The van der Waals surface area contributed by atoms with Crippen molar-refractivity contribution in [3.05, 3.63) is 42.5 Å². The molecule has 3 heteroatoms. The van der Waals surface area contributed by atoms with Gasteiger partial charge in [0.05, 0.1) is 6.61 Å². The smallest absolute Gasteiger partial charge is 0.0637 e. The van der Waals surface area contributed by atoms with Crippen molar-refractivity contribution in [2.75, 3.05) is 38.3 Å². The van der Waals surface area contributed by atoms with Crippen LogP contribution in [0.3, 0.4) is 0 Å². The van der Waals surface area contributed by atoms with Crippen LogP contribution in [0.15, 0.2) is 36.9 Å². The van der Waals surface area contributed by atoms with Crippen LogP contribution in [-0.2, 0) is 4.74 Å². The van der Waals surface area contributed by atoms with E-state index in [2.05, 4.69) is 54.9 Å². The molecule has 1 aromatic rings. The van der Waals surface area contributed by atoms with Gasteiger partial charge in [-0.15, -0.1) is 6.58 Å². The Hall–Kier alpha value is -1.32. The number of anilines is 1. The zero-order chi connectivity index (χ0) is 15.5. The van der Waals surface area contributed by atoms with Crippen molar-refractivity contribution in [3.8, 4) is 0 Å². The van der Waals surface area contributed by atoms with E-state index in [0.29, 0.717) is 6.04 Å². The molecule has 0 aliphatic carbocycles. The molecular formula is C18H30N2O. The van der Waals surface area contributed by atoms with Gasteiger partial charge in [0, 0.05) is 31.9 Å². The summed E-state index contributed by atoms with van der Waals surface area (Å²) in [6, 6.07) is 9.06. The van der Waals surface area contributed by atoms with Gasteiger partial charge in [-0.05, 0) is 31.0 Å². The van der Waals surface area contributed by atoms with Gasteiger partial charge in [-0.3, -0.25) is 0 Å². The van der Waals surface area contributed by atoms with Crippen LogP contribution in [0.1, 0.15) is 38.3 Å². The van der Waals surface area contributed by atoms with Crippen LogP contribution in [-0.4, -0.2) is 33.4 Å². The Balaban J connectivity index is 3.00. The monoisotopic (exact) mass is 290 g/mol. The quantitative estimate of drug-likeness (QED) is 0.628. The minimum absolute atomic E-state index is 0.399. The highest BCUT2D eigenvalue weighted by molar-refractivity contribution is 5.55. The van der Waals surface area contributed by atoms with Crippen molar-refractivity contribution < 1.29 is 4.74 Å². The number of rotatable bonds is 11. The molecule has 1 N–H and O–H groups in total. The van der Waals surface area contributed by atoms with Crippen LogP contribution in [0.2, 0.25) is 0 Å². The summed E-state index contributed by atoms with van der Waals surface area (Å²) in [5, 5.41) is 3.65. The molecule has 0 bridgehead atoms. The normalized spacial score (nSPS) is 12.1. The van der Waals surface area contributed by atoms with Gasteiger partial charge in [0.15, 0.2) is 0 Å². The molecule has 0 saturated carbocycles. The third-order valence-electron chi connectivity index (χ3n) is 3.62. The van der Waals surface area contributed by atoms with Crippen molar-refractivity contribution in [2.24, 2.45) is 0 Å². The Morgan fingerprint density at radius 3 is 2.71 bits per heavy atom. The number of para-hydroxylation sites is 1. The molecule has 1 atom stereocenters.